The predicted octanol–water partition coefficient (Wildman–Crippen LogP) is 3.15. The van der Waals surface area contributed by atoms with Crippen LogP contribution in [0.25, 0.3) is 22.3 Å². The standard InChI is InChI=1S/C23H23BrClN3O5/c1-27-4-6-28(7-5-27)12-19(30)26-11-13-8-15-20(31)21(32)22(33-23(15)16(24)9-13)14-2-3-18(29)17(25)10-14/h2-3,8-10,29,32H,4-7,11-12H2,1H3,(H,26,30). The van der Waals surface area contributed by atoms with Crippen LogP contribution in [-0.2, 0) is 11.3 Å². The van der Waals surface area contributed by atoms with Crippen molar-refractivity contribution in [1.29, 1.82) is 0 Å². The molecule has 1 saturated heterocycles. The van der Waals surface area contributed by atoms with Crippen molar-refractivity contribution in [3.8, 4) is 22.8 Å². The number of hydrogen-bond donors (Lipinski definition) is 3. The number of likely N-dealkylation sites (N-methyl/N-ethyl adjacent to an activating group) is 1. The smallest absolute Gasteiger partial charge is 0.235 e. The Labute approximate surface area is 203 Å². The molecule has 0 spiro atoms. The zero-order valence-electron chi connectivity index (χ0n) is 17.9. The lowest BCUT2D eigenvalue weighted by Gasteiger charge is -2.31. The van der Waals surface area contributed by atoms with Crippen molar-refractivity contribution in [2.45, 2.75) is 6.54 Å². The number of benzene rings is 2. The van der Waals surface area contributed by atoms with Crippen molar-refractivity contribution >= 4 is 44.4 Å². The van der Waals surface area contributed by atoms with Gasteiger partial charge in [0.1, 0.15) is 5.75 Å². The lowest BCUT2D eigenvalue weighted by Crippen LogP contribution is -2.48. The summed E-state index contributed by atoms with van der Waals surface area (Å²) in [5.74, 6) is -0.829. The van der Waals surface area contributed by atoms with E-state index in [1.807, 2.05) is 0 Å². The van der Waals surface area contributed by atoms with Gasteiger partial charge in [-0.3, -0.25) is 14.5 Å². The van der Waals surface area contributed by atoms with E-state index < -0.39 is 11.2 Å². The Bertz CT molecular complexity index is 1270. The second-order valence-corrected chi connectivity index (χ2v) is 9.35. The number of amides is 1. The van der Waals surface area contributed by atoms with Crippen molar-refractivity contribution in [3.05, 3.63) is 55.6 Å². The number of carbonyl (C=O) groups excluding carboxylic acids is 1. The molecule has 0 atom stereocenters. The molecule has 33 heavy (non-hydrogen) atoms. The SMILES string of the molecule is CN1CCN(CC(=O)NCc2cc(Br)c3oc(-c4ccc(O)c(Cl)c4)c(O)c(=O)c3c2)CC1. The summed E-state index contributed by atoms with van der Waals surface area (Å²) in [6.07, 6.45) is 0. The van der Waals surface area contributed by atoms with E-state index in [0.29, 0.717) is 22.1 Å². The quantitative estimate of drug-likeness (QED) is 0.460. The molecule has 8 nitrogen and oxygen atoms in total. The number of hydrogen-bond acceptors (Lipinski definition) is 7. The summed E-state index contributed by atoms with van der Waals surface area (Å²) in [5.41, 5.74) is 0.681. The minimum atomic E-state index is -0.609. The summed E-state index contributed by atoms with van der Waals surface area (Å²) in [4.78, 5) is 29.6. The van der Waals surface area contributed by atoms with Crippen molar-refractivity contribution in [1.82, 2.24) is 15.1 Å². The third-order valence-electron chi connectivity index (χ3n) is 5.64. The summed E-state index contributed by atoms with van der Waals surface area (Å²) in [6.45, 7) is 4.12. The van der Waals surface area contributed by atoms with Gasteiger partial charge in [0.25, 0.3) is 0 Å². The number of fused-ring (bicyclic) bond motifs is 1. The van der Waals surface area contributed by atoms with E-state index in [4.69, 9.17) is 16.0 Å². The van der Waals surface area contributed by atoms with Crippen LogP contribution in [0, 0.1) is 0 Å². The number of phenolic OH excluding ortho intramolecular Hbond substituents is 1. The molecule has 2 aromatic carbocycles. The number of nitrogens with one attached hydrogen (secondary N) is 1. The molecule has 0 aliphatic carbocycles. The van der Waals surface area contributed by atoms with E-state index in [1.165, 1.54) is 18.2 Å². The van der Waals surface area contributed by atoms with Gasteiger partial charge in [0.05, 0.1) is 21.4 Å². The molecule has 0 saturated carbocycles. The fourth-order valence-electron chi connectivity index (χ4n) is 3.71. The molecule has 1 amide bonds. The number of rotatable bonds is 5. The zero-order valence-corrected chi connectivity index (χ0v) is 20.2. The second kappa shape index (κ2) is 9.72. The zero-order chi connectivity index (χ0) is 23.7. The molecular weight excluding hydrogens is 514 g/mol. The Morgan fingerprint density at radius 1 is 1.18 bits per heavy atom. The molecule has 1 aliphatic heterocycles. The first-order valence-electron chi connectivity index (χ1n) is 10.4. The van der Waals surface area contributed by atoms with Crippen molar-refractivity contribution < 1.29 is 19.4 Å². The maximum atomic E-state index is 12.9. The summed E-state index contributed by atoms with van der Waals surface area (Å²) < 4.78 is 6.35. The minimum absolute atomic E-state index is 0.0525. The molecule has 1 fully saturated rings. The Balaban J connectivity index is 1.55. The van der Waals surface area contributed by atoms with Crippen molar-refractivity contribution in [2.24, 2.45) is 0 Å². The van der Waals surface area contributed by atoms with Crippen LogP contribution in [0.1, 0.15) is 5.56 Å². The van der Waals surface area contributed by atoms with Gasteiger partial charge in [-0.2, -0.15) is 0 Å². The molecule has 3 aromatic rings. The van der Waals surface area contributed by atoms with Crippen LogP contribution in [-0.4, -0.2) is 65.7 Å². The fraction of sp³-hybridized carbons (Fsp3) is 0.304. The number of nitrogens with zero attached hydrogens (tertiary/aromatic N) is 2. The Morgan fingerprint density at radius 3 is 2.61 bits per heavy atom. The number of carbonyl (C=O) groups is 1. The monoisotopic (exact) mass is 535 g/mol. The molecule has 2 heterocycles. The van der Waals surface area contributed by atoms with Crippen LogP contribution >= 0.6 is 27.5 Å². The second-order valence-electron chi connectivity index (χ2n) is 8.09. The van der Waals surface area contributed by atoms with Crippen LogP contribution in [0.4, 0.5) is 0 Å². The van der Waals surface area contributed by atoms with Gasteiger partial charge < -0.3 is 24.8 Å². The third-order valence-corrected chi connectivity index (χ3v) is 6.54. The molecule has 3 N–H and O–H groups in total. The topological polar surface area (TPSA) is 106 Å². The average molecular weight is 537 g/mol. The van der Waals surface area contributed by atoms with Crippen molar-refractivity contribution in [2.75, 3.05) is 39.8 Å². The largest absolute Gasteiger partial charge is 0.506 e. The summed E-state index contributed by atoms with van der Waals surface area (Å²) in [6, 6.07) is 7.59. The van der Waals surface area contributed by atoms with Crippen molar-refractivity contribution in [3.63, 3.8) is 0 Å². The first-order valence-corrected chi connectivity index (χ1v) is 11.5. The van der Waals surface area contributed by atoms with Crippen LogP contribution < -0.4 is 10.7 Å². The number of phenols is 1. The number of piperazine rings is 1. The van der Waals surface area contributed by atoms with Gasteiger partial charge in [0, 0.05) is 38.3 Å². The van der Waals surface area contributed by atoms with E-state index in [9.17, 15) is 19.8 Å². The molecule has 1 aliphatic rings. The van der Waals surface area contributed by atoms with Gasteiger partial charge in [-0.15, -0.1) is 0 Å². The summed E-state index contributed by atoms with van der Waals surface area (Å²) in [5, 5.41) is 23.3. The Hall–Kier alpha value is -2.59. The molecule has 0 unspecified atom stereocenters. The summed E-state index contributed by atoms with van der Waals surface area (Å²) >= 11 is 9.38. The molecule has 4 rings (SSSR count). The van der Waals surface area contributed by atoms with E-state index >= 15 is 0 Å². The van der Waals surface area contributed by atoms with E-state index in [-0.39, 0.29) is 40.0 Å². The average Bonchev–Trinajstić information content (AvgIpc) is 2.78. The predicted molar refractivity (Wildman–Crippen MR) is 130 cm³/mol. The number of aromatic hydroxyl groups is 2. The van der Waals surface area contributed by atoms with Crippen LogP contribution in [0.3, 0.4) is 0 Å². The maximum absolute atomic E-state index is 12.9. The lowest BCUT2D eigenvalue weighted by atomic mass is 10.1. The Kier molecular flexibility index (Phi) is 6.94. The molecule has 1 aromatic heterocycles. The molecule has 174 valence electrons. The minimum Gasteiger partial charge on any atom is -0.506 e. The highest BCUT2D eigenvalue weighted by Gasteiger charge is 2.20. The van der Waals surface area contributed by atoms with Gasteiger partial charge in [-0.05, 0) is 58.9 Å². The summed E-state index contributed by atoms with van der Waals surface area (Å²) in [7, 11) is 2.06. The highest BCUT2D eigenvalue weighted by Crippen LogP contribution is 2.36. The Morgan fingerprint density at radius 2 is 1.91 bits per heavy atom. The highest BCUT2D eigenvalue weighted by atomic mass is 79.9. The van der Waals surface area contributed by atoms with Gasteiger partial charge >= 0.3 is 0 Å². The maximum Gasteiger partial charge on any atom is 0.235 e. The van der Waals surface area contributed by atoms with Crippen LogP contribution in [0.5, 0.6) is 11.5 Å². The first-order chi connectivity index (χ1) is 15.7. The number of halogens is 2. The van der Waals surface area contributed by atoms with Gasteiger partial charge in [0.2, 0.25) is 17.1 Å². The van der Waals surface area contributed by atoms with Crippen LogP contribution in [0.15, 0.2) is 44.0 Å². The van der Waals surface area contributed by atoms with E-state index in [0.717, 1.165) is 26.2 Å². The molecular formula is C23H23BrClN3O5. The van der Waals surface area contributed by atoms with Gasteiger partial charge in [0.15, 0.2) is 11.3 Å². The molecule has 10 heteroatoms. The van der Waals surface area contributed by atoms with Gasteiger partial charge in [-0.1, -0.05) is 11.6 Å². The first kappa shape index (κ1) is 23.6. The van der Waals surface area contributed by atoms with E-state index in [2.05, 4.69) is 38.1 Å². The molecule has 0 radical (unpaired) electrons. The third kappa shape index (κ3) is 5.16. The normalized spacial score (nSPS) is 15.1. The lowest BCUT2D eigenvalue weighted by molar-refractivity contribution is -0.122. The molecule has 0 bridgehead atoms. The van der Waals surface area contributed by atoms with E-state index in [1.54, 1.807) is 12.1 Å². The fourth-order valence-corrected chi connectivity index (χ4v) is 4.48. The van der Waals surface area contributed by atoms with Gasteiger partial charge in [-0.25, -0.2) is 0 Å². The highest BCUT2D eigenvalue weighted by molar-refractivity contribution is 9.10. The van der Waals surface area contributed by atoms with Crippen LogP contribution in [0.2, 0.25) is 5.02 Å².